The van der Waals surface area contributed by atoms with E-state index >= 15 is 0 Å². The Morgan fingerprint density at radius 3 is 2.46 bits per heavy atom. The normalized spacial score (nSPS) is 22.7. The second-order valence-corrected chi connectivity index (χ2v) is 8.11. The fourth-order valence-electron chi connectivity index (χ4n) is 3.18. The van der Waals surface area contributed by atoms with Gasteiger partial charge in [-0.1, -0.05) is 30.3 Å². The fourth-order valence-corrected chi connectivity index (χ4v) is 5.20. The lowest BCUT2D eigenvalue weighted by atomic mass is 10.1. The number of hydrogen-bond donors (Lipinski definition) is 0. The van der Waals surface area contributed by atoms with Crippen molar-refractivity contribution in [3.8, 4) is 0 Å². The summed E-state index contributed by atoms with van der Waals surface area (Å²) >= 11 is 0. The number of nitrogens with zero attached hydrogens (tertiary/aromatic N) is 3. The van der Waals surface area contributed by atoms with Crippen LogP contribution >= 0.6 is 0 Å². The summed E-state index contributed by atoms with van der Waals surface area (Å²) in [5.41, 5.74) is 2.18. The summed E-state index contributed by atoms with van der Waals surface area (Å²) in [5.74, 6) is 0. The average Bonchev–Trinajstić information content (AvgIpc) is 2.81. The minimum atomic E-state index is -3.62. The van der Waals surface area contributed by atoms with Crippen molar-refractivity contribution < 1.29 is 13.2 Å². The molecule has 2 unspecified atom stereocenters. The maximum Gasteiger partial charge on any atom is 0.247 e. The average molecular weight is 349 g/mol. The van der Waals surface area contributed by atoms with E-state index in [2.05, 4.69) is 5.10 Å². The Bertz CT molecular complexity index is 830. The number of aryl methyl sites for hydroxylation is 2. The van der Waals surface area contributed by atoms with Crippen LogP contribution in [0.4, 0.5) is 0 Å². The van der Waals surface area contributed by atoms with Crippen LogP contribution in [0.2, 0.25) is 0 Å². The maximum absolute atomic E-state index is 13.2. The molecule has 0 aliphatic carbocycles. The highest BCUT2D eigenvalue weighted by atomic mass is 32.2. The molecule has 2 atom stereocenters. The van der Waals surface area contributed by atoms with Gasteiger partial charge in [0.1, 0.15) is 4.90 Å². The van der Waals surface area contributed by atoms with Crippen LogP contribution in [-0.2, 0) is 21.8 Å². The molecule has 1 aromatic heterocycles. The zero-order valence-corrected chi connectivity index (χ0v) is 15.2. The molecule has 0 radical (unpaired) electrons. The van der Waals surface area contributed by atoms with Crippen molar-refractivity contribution in [2.45, 2.75) is 37.8 Å². The topological polar surface area (TPSA) is 64.4 Å². The molecule has 24 heavy (non-hydrogen) atoms. The van der Waals surface area contributed by atoms with Crippen LogP contribution < -0.4 is 0 Å². The van der Waals surface area contributed by atoms with Gasteiger partial charge < -0.3 is 4.74 Å². The molecule has 130 valence electrons. The molecule has 1 aliphatic rings. The Kier molecular flexibility index (Phi) is 4.50. The molecule has 2 aromatic rings. The summed E-state index contributed by atoms with van der Waals surface area (Å²) in [6.07, 6.45) is -0.255. The highest BCUT2D eigenvalue weighted by Gasteiger charge is 2.38. The van der Waals surface area contributed by atoms with Gasteiger partial charge in [0.15, 0.2) is 0 Å². The van der Waals surface area contributed by atoms with Crippen LogP contribution in [0, 0.1) is 13.8 Å². The predicted molar refractivity (Wildman–Crippen MR) is 91.2 cm³/mol. The van der Waals surface area contributed by atoms with Crippen LogP contribution in [0.25, 0.3) is 0 Å². The van der Waals surface area contributed by atoms with Gasteiger partial charge in [0.2, 0.25) is 10.0 Å². The van der Waals surface area contributed by atoms with Gasteiger partial charge in [-0.25, -0.2) is 8.42 Å². The number of rotatable bonds is 3. The zero-order valence-electron chi connectivity index (χ0n) is 14.4. The Labute approximate surface area is 143 Å². The summed E-state index contributed by atoms with van der Waals surface area (Å²) in [5, 5.41) is 4.25. The van der Waals surface area contributed by atoms with Crippen LogP contribution in [0.1, 0.15) is 30.0 Å². The minimum absolute atomic E-state index is 0.214. The molecule has 6 nitrogen and oxygen atoms in total. The molecule has 1 aliphatic heterocycles. The van der Waals surface area contributed by atoms with Crippen molar-refractivity contribution in [3.05, 3.63) is 47.3 Å². The van der Waals surface area contributed by atoms with E-state index in [9.17, 15) is 8.42 Å². The molecule has 3 rings (SSSR count). The summed E-state index contributed by atoms with van der Waals surface area (Å²) in [6.45, 7) is 6.07. The van der Waals surface area contributed by atoms with Crippen LogP contribution in [0.15, 0.2) is 35.2 Å². The molecule has 0 N–H and O–H groups in total. The Hall–Kier alpha value is -1.70. The summed E-state index contributed by atoms with van der Waals surface area (Å²) in [7, 11) is -1.86. The number of aromatic nitrogens is 2. The van der Waals surface area contributed by atoms with Gasteiger partial charge in [-0.2, -0.15) is 9.40 Å². The van der Waals surface area contributed by atoms with E-state index in [0.717, 1.165) is 5.56 Å². The predicted octanol–water partition coefficient (Wildman–Crippen LogP) is 2.19. The first-order valence-corrected chi connectivity index (χ1v) is 9.45. The Balaban J connectivity index is 1.97. The molecule has 0 spiro atoms. The standard InChI is InChI=1S/C17H23N3O3S/c1-12-11-23-16(15-8-6-5-7-9-15)10-20(12)24(21,22)17-13(2)18-19(4)14(17)3/h5-9,12,16H,10-11H2,1-4H3. The summed E-state index contributed by atoms with van der Waals surface area (Å²) < 4.78 is 35.5. The van der Waals surface area contributed by atoms with Crippen LogP contribution in [0.5, 0.6) is 0 Å². The molecule has 1 fully saturated rings. The molecular formula is C17H23N3O3S. The highest BCUT2D eigenvalue weighted by Crippen LogP contribution is 2.31. The Morgan fingerprint density at radius 2 is 1.88 bits per heavy atom. The van der Waals surface area contributed by atoms with E-state index in [1.54, 1.807) is 29.9 Å². The van der Waals surface area contributed by atoms with Crippen molar-refractivity contribution in [2.24, 2.45) is 7.05 Å². The summed E-state index contributed by atoms with van der Waals surface area (Å²) in [4.78, 5) is 0.311. The van der Waals surface area contributed by atoms with E-state index < -0.39 is 10.0 Å². The van der Waals surface area contributed by atoms with Crippen molar-refractivity contribution in [3.63, 3.8) is 0 Å². The first kappa shape index (κ1) is 17.1. The lowest BCUT2D eigenvalue weighted by molar-refractivity contribution is -0.0288. The second kappa shape index (κ2) is 6.31. The van der Waals surface area contributed by atoms with E-state index in [0.29, 0.717) is 29.4 Å². The van der Waals surface area contributed by atoms with Gasteiger partial charge in [0.05, 0.1) is 24.1 Å². The minimum Gasteiger partial charge on any atom is -0.370 e. The molecule has 7 heteroatoms. The molecule has 0 bridgehead atoms. The van der Waals surface area contributed by atoms with Crippen molar-refractivity contribution in [2.75, 3.05) is 13.2 Å². The van der Waals surface area contributed by atoms with Crippen molar-refractivity contribution in [1.29, 1.82) is 0 Å². The molecule has 0 saturated carbocycles. The number of hydrogen-bond acceptors (Lipinski definition) is 4. The van der Waals surface area contributed by atoms with Crippen LogP contribution in [0.3, 0.4) is 0 Å². The monoisotopic (exact) mass is 349 g/mol. The molecule has 0 amide bonds. The third kappa shape index (κ3) is 2.87. The third-order valence-electron chi connectivity index (χ3n) is 4.56. The number of ether oxygens (including phenoxy) is 1. The van der Waals surface area contributed by atoms with Crippen molar-refractivity contribution >= 4 is 10.0 Å². The number of benzene rings is 1. The van der Waals surface area contributed by atoms with Gasteiger partial charge in [-0.15, -0.1) is 0 Å². The van der Waals surface area contributed by atoms with E-state index in [1.807, 2.05) is 37.3 Å². The van der Waals surface area contributed by atoms with E-state index in [-0.39, 0.29) is 12.1 Å². The lowest BCUT2D eigenvalue weighted by Crippen LogP contribution is -2.48. The van der Waals surface area contributed by atoms with Gasteiger partial charge in [-0.05, 0) is 26.3 Å². The zero-order chi connectivity index (χ0) is 17.5. The number of sulfonamides is 1. The van der Waals surface area contributed by atoms with Gasteiger partial charge in [0.25, 0.3) is 0 Å². The maximum atomic E-state index is 13.2. The second-order valence-electron chi connectivity index (χ2n) is 6.28. The quantitative estimate of drug-likeness (QED) is 0.852. The first-order valence-electron chi connectivity index (χ1n) is 8.01. The van der Waals surface area contributed by atoms with Gasteiger partial charge >= 0.3 is 0 Å². The third-order valence-corrected chi connectivity index (χ3v) is 6.79. The smallest absolute Gasteiger partial charge is 0.247 e. The Morgan fingerprint density at radius 1 is 1.21 bits per heavy atom. The number of morpholine rings is 1. The first-order chi connectivity index (χ1) is 11.3. The largest absolute Gasteiger partial charge is 0.370 e. The summed E-state index contributed by atoms with van der Waals surface area (Å²) in [6, 6.07) is 9.52. The fraction of sp³-hybridized carbons (Fsp3) is 0.471. The lowest BCUT2D eigenvalue weighted by Gasteiger charge is -2.37. The van der Waals surface area contributed by atoms with Gasteiger partial charge in [0, 0.05) is 19.6 Å². The highest BCUT2D eigenvalue weighted by molar-refractivity contribution is 7.89. The van der Waals surface area contributed by atoms with E-state index in [1.165, 1.54) is 0 Å². The van der Waals surface area contributed by atoms with E-state index in [4.69, 9.17) is 4.74 Å². The van der Waals surface area contributed by atoms with Crippen molar-refractivity contribution in [1.82, 2.24) is 14.1 Å². The van der Waals surface area contributed by atoms with Crippen LogP contribution in [-0.4, -0.2) is 41.7 Å². The molecule has 1 aromatic carbocycles. The molecule has 2 heterocycles. The van der Waals surface area contributed by atoms with Gasteiger partial charge in [-0.3, -0.25) is 4.68 Å². The molecule has 1 saturated heterocycles. The SMILES string of the molecule is Cc1nn(C)c(C)c1S(=O)(=O)N1CC(c2ccccc2)OCC1C. The molecular weight excluding hydrogens is 326 g/mol.